The standard InChI is InChI=1S/C24H28N4O/c1-5-28-17(4)21(16(3)27-28)19-9-6-10-20(14-19)24(29)26-23(18-11-12-18)22-15(2)8-7-13-25-22/h6-10,13-14,18,23H,5,11-12H2,1-4H3,(H,26,29)/t23-/m0/s1. The molecule has 1 aromatic carbocycles. The molecule has 150 valence electrons. The first kappa shape index (κ1) is 19.4. The predicted molar refractivity (Wildman–Crippen MR) is 115 cm³/mol. The van der Waals surface area contributed by atoms with Gasteiger partial charge >= 0.3 is 0 Å². The second-order valence-corrected chi connectivity index (χ2v) is 7.94. The third-order valence-electron chi connectivity index (χ3n) is 5.82. The lowest BCUT2D eigenvalue weighted by Gasteiger charge is -2.20. The SMILES string of the molecule is CCn1nc(C)c(-c2cccc(C(=O)N[C@H](c3ncccc3C)C3CC3)c2)c1C. The maximum atomic E-state index is 13.1. The van der Waals surface area contributed by atoms with Crippen LogP contribution in [0.4, 0.5) is 0 Å². The summed E-state index contributed by atoms with van der Waals surface area (Å²) in [6.45, 7) is 9.08. The molecule has 0 unspecified atom stereocenters. The number of hydrogen-bond donors (Lipinski definition) is 1. The molecule has 0 bridgehead atoms. The minimum atomic E-state index is -0.0491. The third kappa shape index (κ3) is 3.82. The van der Waals surface area contributed by atoms with Gasteiger partial charge in [-0.15, -0.1) is 0 Å². The fourth-order valence-corrected chi connectivity index (χ4v) is 4.13. The highest BCUT2D eigenvalue weighted by atomic mass is 16.1. The molecule has 0 saturated heterocycles. The molecule has 0 aliphatic heterocycles. The van der Waals surface area contributed by atoms with Gasteiger partial charge in [0, 0.05) is 29.6 Å². The summed E-state index contributed by atoms with van der Waals surface area (Å²) >= 11 is 0. The van der Waals surface area contributed by atoms with Crippen LogP contribution in [-0.2, 0) is 6.54 Å². The Morgan fingerprint density at radius 3 is 2.66 bits per heavy atom. The normalized spacial score (nSPS) is 14.6. The van der Waals surface area contributed by atoms with Crippen molar-refractivity contribution in [2.24, 2.45) is 5.92 Å². The summed E-state index contributed by atoms with van der Waals surface area (Å²) in [4.78, 5) is 17.7. The van der Waals surface area contributed by atoms with Crippen LogP contribution in [0.5, 0.6) is 0 Å². The Morgan fingerprint density at radius 1 is 1.21 bits per heavy atom. The number of pyridine rings is 1. The van der Waals surface area contributed by atoms with Crippen molar-refractivity contribution in [3.8, 4) is 11.1 Å². The molecule has 29 heavy (non-hydrogen) atoms. The number of nitrogens with zero attached hydrogens (tertiary/aromatic N) is 3. The largest absolute Gasteiger partial charge is 0.343 e. The molecule has 4 rings (SSSR count). The zero-order chi connectivity index (χ0) is 20.5. The van der Waals surface area contributed by atoms with Crippen LogP contribution in [0.3, 0.4) is 0 Å². The fraction of sp³-hybridized carbons (Fsp3) is 0.375. The van der Waals surface area contributed by atoms with Crippen molar-refractivity contribution in [1.29, 1.82) is 0 Å². The second-order valence-electron chi connectivity index (χ2n) is 7.94. The predicted octanol–water partition coefficient (Wildman–Crippen LogP) is 4.77. The van der Waals surface area contributed by atoms with E-state index in [4.69, 9.17) is 0 Å². The van der Waals surface area contributed by atoms with Crippen molar-refractivity contribution in [3.63, 3.8) is 0 Å². The molecule has 1 amide bonds. The van der Waals surface area contributed by atoms with Crippen molar-refractivity contribution in [2.45, 2.75) is 53.1 Å². The number of amides is 1. The van der Waals surface area contributed by atoms with Crippen LogP contribution >= 0.6 is 0 Å². The summed E-state index contributed by atoms with van der Waals surface area (Å²) in [6.07, 6.45) is 4.08. The Balaban J connectivity index is 1.62. The molecule has 0 spiro atoms. The van der Waals surface area contributed by atoms with Gasteiger partial charge in [-0.2, -0.15) is 5.10 Å². The number of carbonyl (C=O) groups excluding carboxylic acids is 1. The summed E-state index contributed by atoms with van der Waals surface area (Å²) in [5.74, 6) is 0.426. The number of aromatic nitrogens is 3. The first-order valence-electron chi connectivity index (χ1n) is 10.4. The molecule has 0 radical (unpaired) electrons. The van der Waals surface area contributed by atoms with Crippen LogP contribution in [0.1, 0.15) is 58.8 Å². The summed E-state index contributed by atoms with van der Waals surface area (Å²) in [5, 5.41) is 7.87. The zero-order valence-electron chi connectivity index (χ0n) is 17.6. The quantitative estimate of drug-likeness (QED) is 0.662. The van der Waals surface area contributed by atoms with Crippen molar-refractivity contribution >= 4 is 5.91 Å². The minimum Gasteiger partial charge on any atom is -0.343 e. The molecular weight excluding hydrogens is 360 g/mol. The van der Waals surface area contributed by atoms with E-state index in [1.165, 1.54) is 0 Å². The molecule has 5 heteroatoms. The van der Waals surface area contributed by atoms with Gasteiger partial charge in [-0.3, -0.25) is 14.5 Å². The van der Waals surface area contributed by atoms with Gasteiger partial charge in [-0.25, -0.2) is 0 Å². The van der Waals surface area contributed by atoms with Crippen LogP contribution in [0.25, 0.3) is 11.1 Å². The van der Waals surface area contributed by atoms with E-state index in [0.29, 0.717) is 11.5 Å². The number of hydrogen-bond acceptors (Lipinski definition) is 3. The molecule has 1 saturated carbocycles. The maximum Gasteiger partial charge on any atom is 0.251 e. The Labute approximate surface area is 172 Å². The Kier molecular flexibility index (Phi) is 5.22. The van der Waals surface area contributed by atoms with E-state index in [1.54, 1.807) is 6.20 Å². The highest BCUT2D eigenvalue weighted by Crippen LogP contribution is 2.41. The monoisotopic (exact) mass is 388 g/mol. The molecule has 3 aromatic rings. The highest BCUT2D eigenvalue weighted by molar-refractivity contribution is 5.96. The Bertz CT molecular complexity index is 1050. The summed E-state index contributed by atoms with van der Waals surface area (Å²) in [5.41, 5.74) is 7.03. The highest BCUT2D eigenvalue weighted by Gasteiger charge is 2.35. The maximum absolute atomic E-state index is 13.1. The third-order valence-corrected chi connectivity index (χ3v) is 5.82. The number of aryl methyl sites for hydroxylation is 3. The Hall–Kier alpha value is -2.95. The van der Waals surface area contributed by atoms with E-state index in [2.05, 4.69) is 48.3 Å². The van der Waals surface area contributed by atoms with Gasteiger partial charge in [0.2, 0.25) is 0 Å². The molecule has 2 heterocycles. The molecule has 2 aromatic heterocycles. The summed E-state index contributed by atoms with van der Waals surface area (Å²) < 4.78 is 2.00. The molecule has 1 atom stereocenters. The summed E-state index contributed by atoms with van der Waals surface area (Å²) in [7, 11) is 0. The van der Waals surface area contributed by atoms with Crippen molar-refractivity contribution in [1.82, 2.24) is 20.1 Å². The molecule has 1 N–H and O–H groups in total. The molecule has 1 fully saturated rings. The number of benzene rings is 1. The molecular formula is C24H28N4O. The van der Waals surface area contributed by atoms with E-state index in [0.717, 1.165) is 53.2 Å². The van der Waals surface area contributed by atoms with Crippen molar-refractivity contribution in [3.05, 3.63) is 70.8 Å². The molecule has 5 nitrogen and oxygen atoms in total. The van der Waals surface area contributed by atoms with Crippen LogP contribution < -0.4 is 5.32 Å². The number of rotatable bonds is 6. The zero-order valence-corrected chi connectivity index (χ0v) is 17.6. The van der Waals surface area contributed by atoms with Gasteiger partial charge in [0.05, 0.1) is 17.4 Å². The van der Waals surface area contributed by atoms with Gasteiger partial charge in [0.1, 0.15) is 0 Å². The topological polar surface area (TPSA) is 59.8 Å². The lowest BCUT2D eigenvalue weighted by atomic mass is 10.00. The van der Waals surface area contributed by atoms with Gasteiger partial charge < -0.3 is 5.32 Å². The van der Waals surface area contributed by atoms with Crippen LogP contribution in [0.15, 0.2) is 42.6 Å². The average molecular weight is 389 g/mol. The van der Waals surface area contributed by atoms with E-state index < -0.39 is 0 Å². The fourth-order valence-electron chi connectivity index (χ4n) is 4.13. The first-order chi connectivity index (χ1) is 14.0. The van der Waals surface area contributed by atoms with Crippen LogP contribution in [-0.4, -0.2) is 20.7 Å². The van der Waals surface area contributed by atoms with Crippen molar-refractivity contribution in [2.75, 3.05) is 0 Å². The molecule has 1 aliphatic carbocycles. The number of carbonyl (C=O) groups is 1. The van der Waals surface area contributed by atoms with E-state index in [1.807, 2.05) is 35.9 Å². The number of nitrogens with one attached hydrogen (secondary N) is 1. The van der Waals surface area contributed by atoms with Crippen molar-refractivity contribution < 1.29 is 4.79 Å². The van der Waals surface area contributed by atoms with Gasteiger partial charge in [-0.1, -0.05) is 18.2 Å². The minimum absolute atomic E-state index is 0.0290. The van der Waals surface area contributed by atoms with Crippen LogP contribution in [0.2, 0.25) is 0 Å². The lowest BCUT2D eigenvalue weighted by molar-refractivity contribution is 0.0930. The second kappa shape index (κ2) is 7.82. The first-order valence-corrected chi connectivity index (χ1v) is 10.4. The Morgan fingerprint density at radius 2 is 2.00 bits per heavy atom. The molecule has 1 aliphatic rings. The van der Waals surface area contributed by atoms with E-state index in [9.17, 15) is 4.79 Å². The van der Waals surface area contributed by atoms with Crippen LogP contribution in [0, 0.1) is 26.7 Å². The van der Waals surface area contributed by atoms with Gasteiger partial charge in [0.25, 0.3) is 5.91 Å². The lowest BCUT2D eigenvalue weighted by Crippen LogP contribution is -2.31. The van der Waals surface area contributed by atoms with Gasteiger partial charge in [-0.05, 0) is 75.8 Å². The van der Waals surface area contributed by atoms with Gasteiger partial charge in [0.15, 0.2) is 0 Å². The van der Waals surface area contributed by atoms with E-state index in [-0.39, 0.29) is 11.9 Å². The summed E-state index contributed by atoms with van der Waals surface area (Å²) in [6, 6.07) is 11.8. The van der Waals surface area contributed by atoms with E-state index >= 15 is 0 Å². The average Bonchev–Trinajstić information content (AvgIpc) is 3.52. The smallest absolute Gasteiger partial charge is 0.251 e.